The minimum absolute atomic E-state index is 0.177. The molecule has 1 amide bonds. The first-order valence-corrected chi connectivity index (χ1v) is 9.35. The summed E-state index contributed by atoms with van der Waals surface area (Å²) in [4.78, 5) is 12.0. The van der Waals surface area contributed by atoms with Gasteiger partial charge in [0.2, 0.25) is 11.0 Å². The van der Waals surface area contributed by atoms with Crippen molar-refractivity contribution >= 4 is 51.4 Å². The second kappa shape index (κ2) is 8.87. The third-order valence-electron chi connectivity index (χ3n) is 2.77. The lowest BCUT2D eigenvalue weighted by Crippen LogP contribution is -2.14. The highest BCUT2D eigenvalue weighted by Gasteiger charge is 2.11. The normalized spacial score (nSPS) is 10.5. The van der Waals surface area contributed by atoms with Crippen molar-refractivity contribution in [1.29, 1.82) is 5.26 Å². The summed E-state index contributed by atoms with van der Waals surface area (Å²) in [5.74, 6) is 0.462. The summed E-state index contributed by atoms with van der Waals surface area (Å²) < 4.78 is 0.711. The van der Waals surface area contributed by atoms with Gasteiger partial charge in [0.05, 0.1) is 17.0 Å². The Balaban J connectivity index is 1.88. The Bertz CT molecular complexity index is 757. The number of nitrogens with one attached hydrogen (secondary N) is 2. The number of nitriles is 1. The predicted octanol–water partition coefficient (Wildman–Crippen LogP) is 3.86. The molecule has 0 aliphatic heterocycles. The summed E-state index contributed by atoms with van der Waals surface area (Å²) in [6.45, 7) is 5.05. The molecule has 24 heavy (non-hydrogen) atoms. The highest BCUT2D eigenvalue weighted by atomic mass is 35.5. The average Bonchev–Trinajstić information content (AvgIpc) is 2.99. The Hall–Kier alpha value is -1.82. The van der Waals surface area contributed by atoms with Crippen LogP contribution in [0.1, 0.15) is 19.4 Å². The van der Waals surface area contributed by atoms with Crippen molar-refractivity contribution in [2.45, 2.75) is 18.2 Å². The van der Waals surface area contributed by atoms with E-state index < -0.39 is 0 Å². The van der Waals surface area contributed by atoms with E-state index >= 15 is 0 Å². The van der Waals surface area contributed by atoms with Crippen molar-refractivity contribution in [3.63, 3.8) is 0 Å². The van der Waals surface area contributed by atoms with Gasteiger partial charge in [-0.25, -0.2) is 0 Å². The van der Waals surface area contributed by atoms with Gasteiger partial charge in [-0.1, -0.05) is 48.5 Å². The number of amides is 1. The molecule has 9 heteroatoms. The van der Waals surface area contributed by atoms with E-state index in [2.05, 4.69) is 34.7 Å². The monoisotopic (exact) mass is 381 g/mol. The molecule has 0 bridgehead atoms. The van der Waals surface area contributed by atoms with Crippen LogP contribution in [0.5, 0.6) is 0 Å². The van der Waals surface area contributed by atoms with Crippen LogP contribution in [0.3, 0.4) is 0 Å². The van der Waals surface area contributed by atoms with E-state index in [0.717, 1.165) is 11.7 Å². The minimum atomic E-state index is -0.231. The van der Waals surface area contributed by atoms with Crippen LogP contribution in [-0.4, -0.2) is 28.4 Å². The summed E-state index contributed by atoms with van der Waals surface area (Å²) in [5.41, 5.74) is 0.779. The third-order valence-corrected chi connectivity index (χ3v) is 5.02. The fraction of sp³-hybridized carbons (Fsp3) is 0.333. The molecule has 0 saturated heterocycles. The Morgan fingerprint density at radius 2 is 2.25 bits per heavy atom. The Labute approximate surface area is 153 Å². The summed E-state index contributed by atoms with van der Waals surface area (Å²) in [6, 6.07) is 6.76. The van der Waals surface area contributed by atoms with Gasteiger partial charge in [0.25, 0.3) is 0 Å². The van der Waals surface area contributed by atoms with Crippen LogP contribution in [0.2, 0.25) is 5.02 Å². The van der Waals surface area contributed by atoms with Gasteiger partial charge in [-0.15, -0.1) is 10.2 Å². The van der Waals surface area contributed by atoms with Crippen LogP contribution >= 0.6 is 34.7 Å². The van der Waals surface area contributed by atoms with Gasteiger partial charge >= 0.3 is 0 Å². The van der Waals surface area contributed by atoms with E-state index in [1.807, 2.05) is 6.07 Å². The predicted molar refractivity (Wildman–Crippen MR) is 98.8 cm³/mol. The molecule has 2 aromatic rings. The van der Waals surface area contributed by atoms with Gasteiger partial charge in [-0.2, -0.15) is 5.26 Å². The highest BCUT2D eigenvalue weighted by Crippen LogP contribution is 2.26. The maximum Gasteiger partial charge on any atom is 0.234 e. The van der Waals surface area contributed by atoms with Crippen LogP contribution in [0.25, 0.3) is 0 Å². The molecular formula is C15H16ClN5OS2. The first-order valence-electron chi connectivity index (χ1n) is 7.17. The number of halogens is 1. The number of thioether (sulfide) groups is 1. The topological polar surface area (TPSA) is 90.7 Å². The van der Waals surface area contributed by atoms with Gasteiger partial charge in [0.15, 0.2) is 4.34 Å². The molecule has 0 radical (unpaired) electrons. The number of nitrogens with zero attached hydrogens (tertiary/aromatic N) is 3. The second-order valence-electron chi connectivity index (χ2n) is 5.29. The highest BCUT2D eigenvalue weighted by molar-refractivity contribution is 8.01. The van der Waals surface area contributed by atoms with Crippen LogP contribution in [0.4, 0.5) is 10.8 Å². The van der Waals surface area contributed by atoms with Crippen LogP contribution in [-0.2, 0) is 4.79 Å². The summed E-state index contributed by atoms with van der Waals surface area (Å²) in [7, 11) is 0. The third kappa shape index (κ3) is 5.67. The van der Waals surface area contributed by atoms with Crippen LogP contribution in [0, 0.1) is 17.2 Å². The number of hydrogen-bond acceptors (Lipinski definition) is 7. The van der Waals surface area contributed by atoms with Crippen molar-refractivity contribution in [1.82, 2.24) is 10.2 Å². The molecule has 0 saturated carbocycles. The number of hydrogen-bond donors (Lipinski definition) is 2. The molecule has 0 atom stereocenters. The van der Waals surface area contributed by atoms with Crippen LogP contribution in [0.15, 0.2) is 22.5 Å². The van der Waals surface area contributed by atoms with E-state index in [1.165, 1.54) is 23.1 Å². The van der Waals surface area contributed by atoms with Gasteiger partial charge in [-0.05, 0) is 24.1 Å². The minimum Gasteiger partial charge on any atom is -0.360 e. The molecule has 0 fully saturated rings. The second-order valence-corrected chi connectivity index (χ2v) is 7.92. The zero-order chi connectivity index (χ0) is 17.5. The quantitative estimate of drug-likeness (QED) is 0.707. The molecule has 0 spiro atoms. The number of benzene rings is 1. The lowest BCUT2D eigenvalue weighted by molar-refractivity contribution is -0.113. The van der Waals surface area contributed by atoms with Crippen molar-refractivity contribution in [3.05, 3.63) is 28.8 Å². The number of aromatic nitrogens is 2. The SMILES string of the molecule is CC(C)CNc1nnc(SCC(=O)Nc2cc(Cl)ccc2C#N)s1. The standard InChI is InChI=1S/C15H16ClN5OS2/c1-9(2)7-18-14-20-21-15(24-14)23-8-13(22)19-12-5-11(16)4-3-10(12)6-17/h3-5,9H,7-8H2,1-2H3,(H,18,20)(H,19,22). The number of carbonyl (C=O) groups is 1. The smallest absolute Gasteiger partial charge is 0.234 e. The Kier molecular flexibility index (Phi) is 6.85. The maximum absolute atomic E-state index is 12.0. The summed E-state index contributed by atoms with van der Waals surface area (Å²) in [5, 5.41) is 24.2. The molecule has 126 valence electrons. The summed E-state index contributed by atoms with van der Waals surface area (Å²) in [6.07, 6.45) is 0. The molecule has 2 N–H and O–H groups in total. The van der Waals surface area contributed by atoms with E-state index in [4.69, 9.17) is 16.9 Å². The van der Waals surface area contributed by atoms with Gasteiger partial charge in [-0.3, -0.25) is 4.79 Å². The molecule has 6 nitrogen and oxygen atoms in total. The molecule has 1 heterocycles. The van der Waals surface area contributed by atoms with Crippen molar-refractivity contribution in [2.24, 2.45) is 5.92 Å². The first kappa shape index (κ1) is 18.5. The average molecular weight is 382 g/mol. The van der Waals surface area contributed by atoms with Crippen molar-refractivity contribution in [2.75, 3.05) is 22.9 Å². The lowest BCUT2D eigenvalue weighted by Gasteiger charge is -2.06. The zero-order valence-corrected chi connectivity index (χ0v) is 15.6. The molecule has 0 aliphatic rings. The molecule has 2 rings (SSSR count). The van der Waals surface area contributed by atoms with Gasteiger partial charge < -0.3 is 10.6 Å². The van der Waals surface area contributed by atoms with Crippen molar-refractivity contribution < 1.29 is 4.79 Å². The van der Waals surface area contributed by atoms with Crippen LogP contribution < -0.4 is 10.6 Å². The fourth-order valence-corrected chi connectivity index (χ4v) is 3.39. The molecule has 0 aliphatic carbocycles. The molecular weight excluding hydrogens is 366 g/mol. The molecule has 0 unspecified atom stereocenters. The Morgan fingerprint density at radius 3 is 2.96 bits per heavy atom. The van der Waals surface area contributed by atoms with E-state index in [9.17, 15) is 4.79 Å². The van der Waals surface area contributed by atoms with Crippen molar-refractivity contribution in [3.8, 4) is 6.07 Å². The molecule has 1 aromatic carbocycles. The number of anilines is 2. The largest absolute Gasteiger partial charge is 0.360 e. The van der Waals surface area contributed by atoms with E-state index in [0.29, 0.717) is 26.5 Å². The summed E-state index contributed by atoms with van der Waals surface area (Å²) >= 11 is 8.60. The zero-order valence-electron chi connectivity index (χ0n) is 13.2. The lowest BCUT2D eigenvalue weighted by atomic mass is 10.2. The maximum atomic E-state index is 12.0. The first-order chi connectivity index (χ1) is 11.5. The number of carbonyl (C=O) groups excluding carboxylic acids is 1. The van der Waals surface area contributed by atoms with E-state index in [1.54, 1.807) is 18.2 Å². The fourth-order valence-electron chi connectivity index (χ4n) is 1.66. The van der Waals surface area contributed by atoms with E-state index in [-0.39, 0.29) is 11.7 Å². The van der Waals surface area contributed by atoms with Gasteiger partial charge in [0, 0.05) is 11.6 Å². The molecule has 1 aromatic heterocycles. The Morgan fingerprint density at radius 1 is 1.46 bits per heavy atom. The number of rotatable bonds is 7. The van der Waals surface area contributed by atoms with Gasteiger partial charge in [0.1, 0.15) is 6.07 Å².